The van der Waals surface area contributed by atoms with Crippen molar-refractivity contribution in [3.8, 4) is 0 Å². The fourth-order valence-corrected chi connectivity index (χ4v) is 1.89. The highest BCUT2D eigenvalue weighted by atomic mass is 16.2. The molecule has 0 aromatic carbocycles. The summed E-state index contributed by atoms with van der Waals surface area (Å²) in [5.74, 6) is 0.821. The van der Waals surface area contributed by atoms with Crippen LogP contribution in [0.5, 0.6) is 0 Å². The minimum atomic E-state index is 0.0944. The molecule has 0 atom stereocenters. The van der Waals surface area contributed by atoms with Crippen LogP contribution in [0, 0.1) is 0 Å². The topological polar surface area (TPSA) is 48.5 Å². The van der Waals surface area contributed by atoms with Crippen LogP contribution in [-0.2, 0) is 0 Å². The summed E-state index contributed by atoms with van der Waals surface area (Å²) < 4.78 is 0. The van der Waals surface area contributed by atoms with E-state index >= 15 is 0 Å². The van der Waals surface area contributed by atoms with Crippen LogP contribution >= 0.6 is 0 Å². The monoisotopic (exact) mass is 234 g/mol. The molecule has 1 aromatic rings. The van der Waals surface area contributed by atoms with Crippen LogP contribution in [0.3, 0.4) is 0 Å². The number of carbonyl (C=O) groups excluding carboxylic acids is 1. The number of rotatable bonds is 2. The van der Waals surface area contributed by atoms with Crippen molar-refractivity contribution in [1.29, 1.82) is 0 Å². The average Bonchev–Trinajstić information content (AvgIpc) is 2.39. The van der Waals surface area contributed by atoms with Crippen molar-refractivity contribution in [1.82, 2.24) is 14.8 Å². The van der Waals surface area contributed by atoms with Crippen LogP contribution < -0.4 is 5.32 Å². The molecule has 1 aliphatic heterocycles. The van der Waals surface area contributed by atoms with Gasteiger partial charge in [-0.05, 0) is 19.2 Å². The predicted octanol–water partition coefficient (Wildman–Crippen LogP) is 0.511. The molecule has 17 heavy (non-hydrogen) atoms. The van der Waals surface area contributed by atoms with E-state index < -0.39 is 0 Å². The number of piperazine rings is 1. The molecule has 0 bridgehead atoms. The Hall–Kier alpha value is -1.62. The van der Waals surface area contributed by atoms with Crippen LogP contribution in [0.1, 0.15) is 10.4 Å². The van der Waals surface area contributed by atoms with E-state index in [0.29, 0.717) is 5.56 Å². The van der Waals surface area contributed by atoms with Gasteiger partial charge in [0.2, 0.25) is 0 Å². The lowest BCUT2D eigenvalue weighted by molar-refractivity contribution is 0.0664. The zero-order valence-electron chi connectivity index (χ0n) is 10.3. The van der Waals surface area contributed by atoms with Crippen molar-refractivity contribution in [2.75, 3.05) is 45.6 Å². The van der Waals surface area contributed by atoms with Gasteiger partial charge in [0.1, 0.15) is 5.82 Å². The molecule has 0 spiro atoms. The molecule has 0 aliphatic carbocycles. The normalized spacial score (nSPS) is 16.9. The first-order valence-electron chi connectivity index (χ1n) is 5.82. The van der Waals surface area contributed by atoms with Gasteiger partial charge < -0.3 is 15.1 Å². The predicted molar refractivity (Wildman–Crippen MR) is 67.2 cm³/mol. The summed E-state index contributed by atoms with van der Waals surface area (Å²) >= 11 is 0. The fourth-order valence-electron chi connectivity index (χ4n) is 1.89. The Labute approximate surface area is 101 Å². The molecule has 0 radical (unpaired) electrons. The van der Waals surface area contributed by atoms with Gasteiger partial charge in [0.15, 0.2) is 0 Å². The van der Waals surface area contributed by atoms with Crippen molar-refractivity contribution in [2.24, 2.45) is 0 Å². The maximum Gasteiger partial charge on any atom is 0.254 e. The van der Waals surface area contributed by atoms with Gasteiger partial charge in [-0.1, -0.05) is 0 Å². The van der Waals surface area contributed by atoms with Crippen molar-refractivity contribution in [3.63, 3.8) is 0 Å². The van der Waals surface area contributed by atoms with Crippen molar-refractivity contribution in [2.45, 2.75) is 0 Å². The number of aromatic nitrogens is 1. The summed E-state index contributed by atoms with van der Waals surface area (Å²) in [6.07, 6.45) is 1.66. The fraction of sp³-hybridized carbons (Fsp3) is 0.500. The molecule has 1 aromatic heterocycles. The third kappa shape index (κ3) is 2.74. The first-order chi connectivity index (χ1) is 8.20. The van der Waals surface area contributed by atoms with E-state index in [1.807, 2.05) is 4.90 Å². The first-order valence-corrected chi connectivity index (χ1v) is 5.82. The minimum absolute atomic E-state index is 0.0944. The molecular weight excluding hydrogens is 216 g/mol. The molecule has 2 rings (SSSR count). The van der Waals surface area contributed by atoms with Crippen molar-refractivity contribution >= 4 is 11.7 Å². The average molecular weight is 234 g/mol. The Morgan fingerprint density at radius 1 is 1.35 bits per heavy atom. The van der Waals surface area contributed by atoms with Gasteiger partial charge in [-0.3, -0.25) is 4.79 Å². The number of anilines is 1. The number of nitrogens with one attached hydrogen (secondary N) is 1. The lowest BCUT2D eigenvalue weighted by Gasteiger charge is -2.32. The number of hydrogen-bond acceptors (Lipinski definition) is 4. The summed E-state index contributed by atoms with van der Waals surface area (Å²) in [4.78, 5) is 20.5. The van der Waals surface area contributed by atoms with E-state index in [9.17, 15) is 4.79 Å². The SMILES string of the molecule is CNc1cc(C(=O)N2CCN(C)CC2)ccn1. The standard InChI is InChI=1S/C12H18N4O/c1-13-11-9-10(3-4-14-11)12(17)16-7-5-15(2)6-8-16/h3-4,9H,5-8H2,1-2H3,(H,13,14). The zero-order valence-corrected chi connectivity index (χ0v) is 10.3. The van der Waals surface area contributed by atoms with Crippen LogP contribution in [0.2, 0.25) is 0 Å². The van der Waals surface area contributed by atoms with E-state index in [2.05, 4.69) is 22.2 Å². The van der Waals surface area contributed by atoms with E-state index in [4.69, 9.17) is 0 Å². The molecule has 1 N–H and O–H groups in total. The molecule has 1 saturated heterocycles. The van der Waals surface area contributed by atoms with Gasteiger partial charge in [0.25, 0.3) is 5.91 Å². The largest absolute Gasteiger partial charge is 0.373 e. The Kier molecular flexibility index (Phi) is 3.58. The highest BCUT2D eigenvalue weighted by molar-refractivity contribution is 5.94. The first kappa shape index (κ1) is 11.9. The molecule has 1 fully saturated rings. The number of hydrogen-bond donors (Lipinski definition) is 1. The Balaban J connectivity index is 2.08. The summed E-state index contributed by atoms with van der Waals surface area (Å²) in [5.41, 5.74) is 0.703. The second-order valence-corrected chi connectivity index (χ2v) is 4.28. The summed E-state index contributed by atoms with van der Waals surface area (Å²) in [6, 6.07) is 3.56. The van der Waals surface area contributed by atoms with Crippen LogP contribution in [0.25, 0.3) is 0 Å². The van der Waals surface area contributed by atoms with E-state index in [0.717, 1.165) is 32.0 Å². The van der Waals surface area contributed by atoms with Crippen molar-refractivity contribution < 1.29 is 4.79 Å². The van der Waals surface area contributed by atoms with E-state index in [-0.39, 0.29) is 5.91 Å². The van der Waals surface area contributed by atoms with Gasteiger partial charge in [-0.2, -0.15) is 0 Å². The third-order valence-corrected chi connectivity index (χ3v) is 3.05. The zero-order chi connectivity index (χ0) is 12.3. The Morgan fingerprint density at radius 2 is 2.06 bits per heavy atom. The second kappa shape index (κ2) is 5.14. The molecule has 0 unspecified atom stereocenters. The Bertz CT molecular complexity index is 399. The number of amides is 1. The number of pyridine rings is 1. The summed E-state index contributed by atoms with van der Waals surface area (Å²) in [7, 11) is 3.87. The molecule has 5 nitrogen and oxygen atoms in total. The lowest BCUT2D eigenvalue weighted by Crippen LogP contribution is -2.47. The molecular formula is C12H18N4O. The molecule has 0 saturated carbocycles. The molecule has 2 heterocycles. The molecule has 92 valence electrons. The van der Waals surface area contributed by atoms with Gasteiger partial charge in [0, 0.05) is 45.0 Å². The smallest absolute Gasteiger partial charge is 0.254 e. The molecule has 1 amide bonds. The molecule has 1 aliphatic rings. The summed E-state index contributed by atoms with van der Waals surface area (Å²) in [5, 5.41) is 2.94. The maximum atomic E-state index is 12.2. The van der Waals surface area contributed by atoms with E-state index in [1.165, 1.54) is 0 Å². The molecule has 5 heteroatoms. The maximum absolute atomic E-state index is 12.2. The van der Waals surface area contributed by atoms with Gasteiger partial charge >= 0.3 is 0 Å². The number of carbonyl (C=O) groups is 1. The van der Waals surface area contributed by atoms with Gasteiger partial charge in [-0.25, -0.2) is 4.98 Å². The van der Waals surface area contributed by atoms with Crippen LogP contribution in [0.4, 0.5) is 5.82 Å². The third-order valence-electron chi connectivity index (χ3n) is 3.05. The number of likely N-dealkylation sites (N-methyl/N-ethyl adjacent to an activating group) is 1. The highest BCUT2D eigenvalue weighted by Crippen LogP contribution is 2.10. The quantitative estimate of drug-likeness (QED) is 0.810. The van der Waals surface area contributed by atoms with E-state index in [1.54, 1.807) is 25.4 Å². The summed E-state index contributed by atoms with van der Waals surface area (Å²) in [6.45, 7) is 3.48. The van der Waals surface area contributed by atoms with Crippen LogP contribution in [0.15, 0.2) is 18.3 Å². The van der Waals surface area contributed by atoms with Gasteiger partial charge in [0.05, 0.1) is 0 Å². The highest BCUT2D eigenvalue weighted by Gasteiger charge is 2.20. The Morgan fingerprint density at radius 3 is 2.71 bits per heavy atom. The van der Waals surface area contributed by atoms with Crippen LogP contribution in [-0.4, -0.2) is 61.0 Å². The van der Waals surface area contributed by atoms with Crippen molar-refractivity contribution in [3.05, 3.63) is 23.9 Å². The van der Waals surface area contributed by atoms with Gasteiger partial charge in [-0.15, -0.1) is 0 Å². The minimum Gasteiger partial charge on any atom is -0.373 e. The second-order valence-electron chi connectivity index (χ2n) is 4.28. The lowest BCUT2D eigenvalue weighted by atomic mass is 10.2. The number of nitrogens with zero attached hydrogens (tertiary/aromatic N) is 3.